The molecule has 0 bridgehead atoms. The van der Waals surface area contributed by atoms with Crippen molar-refractivity contribution >= 4 is 9.84 Å². The molecule has 1 atom stereocenters. The van der Waals surface area contributed by atoms with Gasteiger partial charge in [0.15, 0.2) is 9.84 Å². The fraction of sp³-hybridized carbons (Fsp3) is 0.438. The zero-order valence-electron chi connectivity index (χ0n) is 13.0. The smallest absolute Gasteiger partial charge is 0.151 e. The van der Waals surface area contributed by atoms with Crippen LogP contribution in [0, 0.1) is 5.82 Å². The molecule has 124 valence electrons. The van der Waals surface area contributed by atoms with Crippen molar-refractivity contribution in [1.29, 1.82) is 0 Å². The Kier molecular flexibility index (Phi) is 4.50. The van der Waals surface area contributed by atoms with Gasteiger partial charge < -0.3 is 0 Å². The molecule has 1 aliphatic rings. The van der Waals surface area contributed by atoms with Crippen LogP contribution in [0.25, 0.3) is 5.69 Å². The molecule has 0 amide bonds. The molecule has 2 aromatic rings. The molecule has 1 fully saturated rings. The molecule has 0 N–H and O–H groups in total. The van der Waals surface area contributed by atoms with Gasteiger partial charge in [-0.05, 0) is 25.1 Å². The van der Waals surface area contributed by atoms with Crippen molar-refractivity contribution in [2.24, 2.45) is 0 Å². The van der Waals surface area contributed by atoms with Crippen molar-refractivity contribution in [2.75, 3.05) is 18.1 Å². The van der Waals surface area contributed by atoms with E-state index in [2.05, 4.69) is 10.00 Å². The van der Waals surface area contributed by atoms with E-state index < -0.39 is 9.84 Å². The number of aromatic nitrogens is 2. The maximum atomic E-state index is 13.8. The summed E-state index contributed by atoms with van der Waals surface area (Å²) in [4.78, 5) is 2.15. The molecule has 0 radical (unpaired) electrons. The molecule has 0 spiro atoms. The quantitative estimate of drug-likeness (QED) is 0.838. The molecular weight excluding hydrogens is 317 g/mol. The van der Waals surface area contributed by atoms with Crippen LogP contribution in [0.3, 0.4) is 0 Å². The van der Waals surface area contributed by atoms with E-state index in [9.17, 15) is 12.8 Å². The highest BCUT2D eigenvalue weighted by Gasteiger charge is 2.31. The standard InChI is InChI=1S/C16H20FN3O2S/c1-2-19(14-7-8-23(21,22)12-14)10-13-9-18-20(11-13)16-6-4-3-5-15(16)17/h3-6,9,11,14H,2,7-8,10,12H2,1H3/t14-/m1/s1. The normalized spacial score (nSPS) is 20.2. The monoisotopic (exact) mass is 337 g/mol. The molecule has 5 nitrogen and oxygen atoms in total. The van der Waals surface area contributed by atoms with Gasteiger partial charge in [-0.25, -0.2) is 17.5 Å². The summed E-state index contributed by atoms with van der Waals surface area (Å²) in [5, 5.41) is 4.22. The van der Waals surface area contributed by atoms with Crippen LogP contribution in [0.2, 0.25) is 0 Å². The minimum Gasteiger partial charge on any atom is -0.295 e. The summed E-state index contributed by atoms with van der Waals surface area (Å²) in [6, 6.07) is 6.54. The first-order chi connectivity index (χ1) is 11.0. The Hall–Kier alpha value is -1.73. The molecule has 1 saturated heterocycles. The van der Waals surface area contributed by atoms with Crippen LogP contribution in [-0.2, 0) is 16.4 Å². The third-order valence-corrected chi connectivity index (χ3v) is 6.00. The number of benzene rings is 1. The molecule has 0 aliphatic carbocycles. The average Bonchev–Trinajstić information content (AvgIpc) is 3.11. The minimum atomic E-state index is -2.90. The molecule has 0 saturated carbocycles. The van der Waals surface area contributed by atoms with Crippen molar-refractivity contribution in [1.82, 2.24) is 14.7 Å². The Morgan fingerprint density at radius 2 is 2.17 bits per heavy atom. The molecule has 3 rings (SSSR count). The third kappa shape index (κ3) is 3.61. The summed E-state index contributed by atoms with van der Waals surface area (Å²) in [5.74, 6) is 0.168. The van der Waals surface area contributed by atoms with Gasteiger partial charge in [-0.2, -0.15) is 5.10 Å². The second-order valence-corrected chi connectivity index (χ2v) is 8.09. The summed E-state index contributed by atoms with van der Waals surface area (Å²) >= 11 is 0. The van der Waals surface area contributed by atoms with Crippen LogP contribution in [0.15, 0.2) is 36.7 Å². The number of halogens is 1. The lowest BCUT2D eigenvalue weighted by Crippen LogP contribution is -2.35. The highest BCUT2D eigenvalue weighted by molar-refractivity contribution is 7.91. The first-order valence-electron chi connectivity index (χ1n) is 7.71. The van der Waals surface area contributed by atoms with Crippen LogP contribution >= 0.6 is 0 Å². The zero-order valence-corrected chi connectivity index (χ0v) is 13.8. The van der Waals surface area contributed by atoms with Crippen LogP contribution < -0.4 is 0 Å². The summed E-state index contributed by atoms with van der Waals surface area (Å²) in [5.41, 5.74) is 1.35. The van der Waals surface area contributed by atoms with E-state index in [1.54, 1.807) is 30.6 Å². The number of rotatable bonds is 5. The van der Waals surface area contributed by atoms with Gasteiger partial charge in [0, 0.05) is 24.3 Å². The second-order valence-electron chi connectivity index (χ2n) is 5.86. The lowest BCUT2D eigenvalue weighted by molar-refractivity contribution is 0.215. The van der Waals surface area contributed by atoms with Gasteiger partial charge in [0.05, 0.1) is 17.7 Å². The van der Waals surface area contributed by atoms with Gasteiger partial charge in [0.25, 0.3) is 0 Å². The molecule has 1 aromatic carbocycles. The van der Waals surface area contributed by atoms with Crippen molar-refractivity contribution in [3.8, 4) is 5.69 Å². The fourth-order valence-corrected chi connectivity index (χ4v) is 4.77. The highest BCUT2D eigenvalue weighted by Crippen LogP contribution is 2.20. The second kappa shape index (κ2) is 6.41. The first-order valence-corrected chi connectivity index (χ1v) is 9.53. The molecule has 7 heteroatoms. The van der Waals surface area contributed by atoms with E-state index in [-0.39, 0.29) is 23.4 Å². The maximum Gasteiger partial charge on any atom is 0.151 e. The molecule has 2 heterocycles. The largest absolute Gasteiger partial charge is 0.295 e. The van der Waals surface area contributed by atoms with Crippen LogP contribution in [-0.4, -0.2) is 47.2 Å². The number of sulfone groups is 1. The van der Waals surface area contributed by atoms with E-state index in [1.807, 2.05) is 6.92 Å². The van der Waals surface area contributed by atoms with E-state index in [0.717, 1.165) is 12.1 Å². The van der Waals surface area contributed by atoms with Crippen molar-refractivity contribution in [3.63, 3.8) is 0 Å². The zero-order chi connectivity index (χ0) is 16.4. The average molecular weight is 337 g/mol. The Morgan fingerprint density at radius 3 is 2.83 bits per heavy atom. The van der Waals surface area contributed by atoms with Crippen molar-refractivity contribution in [2.45, 2.75) is 25.9 Å². The van der Waals surface area contributed by atoms with Gasteiger partial charge in [0.1, 0.15) is 11.5 Å². The predicted octanol–water partition coefficient (Wildman–Crippen LogP) is 2.02. The molecular formula is C16H20FN3O2S. The van der Waals surface area contributed by atoms with Crippen LogP contribution in [0.4, 0.5) is 4.39 Å². The first kappa shape index (κ1) is 16.1. The number of para-hydroxylation sites is 1. The van der Waals surface area contributed by atoms with Crippen molar-refractivity contribution in [3.05, 3.63) is 48.0 Å². The number of nitrogens with zero attached hydrogens (tertiary/aromatic N) is 3. The highest BCUT2D eigenvalue weighted by atomic mass is 32.2. The lowest BCUT2D eigenvalue weighted by atomic mass is 10.2. The minimum absolute atomic E-state index is 0.0572. The fourth-order valence-electron chi connectivity index (χ4n) is 3.01. The summed E-state index contributed by atoms with van der Waals surface area (Å²) in [6.45, 7) is 3.41. The maximum absolute atomic E-state index is 13.8. The number of hydrogen-bond acceptors (Lipinski definition) is 4. The van der Waals surface area contributed by atoms with Gasteiger partial charge in [0.2, 0.25) is 0 Å². The van der Waals surface area contributed by atoms with Crippen molar-refractivity contribution < 1.29 is 12.8 Å². The molecule has 0 unspecified atom stereocenters. The van der Waals surface area contributed by atoms with E-state index in [1.165, 1.54) is 10.7 Å². The molecule has 23 heavy (non-hydrogen) atoms. The van der Waals surface area contributed by atoms with E-state index >= 15 is 0 Å². The Labute approximate surface area is 135 Å². The Morgan fingerprint density at radius 1 is 1.39 bits per heavy atom. The molecule has 1 aromatic heterocycles. The van der Waals surface area contributed by atoms with Crippen LogP contribution in [0.5, 0.6) is 0 Å². The summed E-state index contributed by atoms with van der Waals surface area (Å²) < 4.78 is 38.6. The lowest BCUT2D eigenvalue weighted by Gasteiger charge is -2.25. The molecule has 1 aliphatic heterocycles. The van der Waals surface area contributed by atoms with Gasteiger partial charge in [-0.1, -0.05) is 19.1 Å². The van der Waals surface area contributed by atoms with E-state index in [0.29, 0.717) is 18.7 Å². The SMILES string of the molecule is CCN(Cc1cnn(-c2ccccc2F)c1)[C@@H]1CCS(=O)(=O)C1. The Balaban J connectivity index is 1.74. The summed E-state index contributed by atoms with van der Waals surface area (Å²) in [7, 11) is -2.90. The van der Waals surface area contributed by atoms with E-state index in [4.69, 9.17) is 0 Å². The number of hydrogen-bond donors (Lipinski definition) is 0. The summed E-state index contributed by atoms with van der Waals surface area (Å²) in [6.07, 6.45) is 4.18. The van der Waals surface area contributed by atoms with Gasteiger partial charge >= 0.3 is 0 Å². The van der Waals surface area contributed by atoms with Gasteiger partial charge in [-0.3, -0.25) is 4.90 Å². The topological polar surface area (TPSA) is 55.2 Å². The Bertz CT molecular complexity index is 788. The van der Waals surface area contributed by atoms with Gasteiger partial charge in [-0.15, -0.1) is 0 Å². The predicted molar refractivity (Wildman–Crippen MR) is 86.7 cm³/mol. The third-order valence-electron chi connectivity index (χ3n) is 4.25. The van der Waals surface area contributed by atoms with Crippen LogP contribution in [0.1, 0.15) is 18.9 Å².